The van der Waals surface area contributed by atoms with Crippen LogP contribution < -0.4 is 4.74 Å². The van der Waals surface area contributed by atoms with E-state index in [0.717, 1.165) is 6.07 Å². The third-order valence-corrected chi connectivity index (χ3v) is 1.70. The summed E-state index contributed by atoms with van der Waals surface area (Å²) in [5, 5.41) is 17.2. The van der Waals surface area contributed by atoms with E-state index in [-0.39, 0.29) is 11.3 Å². The van der Waals surface area contributed by atoms with Crippen molar-refractivity contribution < 1.29 is 9.13 Å². The van der Waals surface area contributed by atoms with E-state index in [1.165, 1.54) is 26.0 Å². The summed E-state index contributed by atoms with van der Waals surface area (Å²) in [7, 11) is 0. The summed E-state index contributed by atoms with van der Waals surface area (Å²) in [5.74, 6) is -0.669. The lowest BCUT2D eigenvalue weighted by molar-refractivity contribution is 0.162. The number of nitrogens with zero attached hydrogens (tertiary/aromatic N) is 2. The molecule has 76 valence electrons. The first-order chi connectivity index (χ1) is 6.98. The van der Waals surface area contributed by atoms with Crippen LogP contribution in [0, 0.1) is 28.5 Å². The highest BCUT2D eigenvalue weighted by atomic mass is 19.1. The zero-order valence-electron chi connectivity index (χ0n) is 8.41. The van der Waals surface area contributed by atoms with Crippen molar-refractivity contribution in [1.29, 1.82) is 10.5 Å². The highest BCUT2D eigenvalue weighted by Crippen LogP contribution is 2.22. The summed E-state index contributed by atoms with van der Waals surface area (Å²) in [5.41, 5.74) is -0.871. The second kappa shape index (κ2) is 3.98. The minimum absolute atomic E-state index is 0.0273. The Balaban J connectivity index is 3.00. The van der Waals surface area contributed by atoms with Crippen molar-refractivity contribution in [3.8, 4) is 17.9 Å². The quantitative estimate of drug-likeness (QED) is 0.743. The van der Waals surface area contributed by atoms with Gasteiger partial charge in [-0.25, -0.2) is 4.39 Å². The molecular weight excluding hydrogens is 195 g/mol. The topological polar surface area (TPSA) is 56.8 Å². The van der Waals surface area contributed by atoms with Crippen molar-refractivity contribution in [1.82, 2.24) is 0 Å². The highest BCUT2D eigenvalue weighted by Gasteiger charge is 2.20. The van der Waals surface area contributed by atoms with Gasteiger partial charge in [-0.1, -0.05) is 0 Å². The Labute approximate surface area is 87.3 Å². The predicted molar refractivity (Wildman–Crippen MR) is 51.4 cm³/mol. The summed E-state index contributed by atoms with van der Waals surface area (Å²) in [4.78, 5) is 0. The maximum atomic E-state index is 13.3. The Kier molecular flexibility index (Phi) is 2.92. The van der Waals surface area contributed by atoms with Gasteiger partial charge in [-0.05, 0) is 32.0 Å². The molecule has 0 spiro atoms. The third kappa shape index (κ3) is 2.69. The average molecular weight is 204 g/mol. The van der Waals surface area contributed by atoms with Crippen LogP contribution >= 0.6 is 0 Å². The summed E-state index contributed by atoms with van der Waals surface area (Å²) < 4.78 is 18.5. The highest BCUT2D eigenvalue weighted by molar-refractivity contribution is 5.36. The second-order valence-electron chi connectivity index (χ2n) is 3.48. The van der Waals surface area contributed by atoms with Gasteiger partial charge in [0.15, 0.2) is 17.2 Å². The molecule has 0 heterocycles. The zero-order chi connectivity index (χ0) is 11.5. The zero-order valence-corrected chi connectivity index (χ0v) is 8.41. The number of ether oxygens (including phenoxy) is 1. The number of rotatable bonds is 2. The predicted octanol–water partition coefficient (Wildman–Crippen LogP) is 2.38. The maximum absolute atomic E-state index is 13.3. The van der Waals surface area contributed by atoms with Crippen LogP contribution in [-0.2, 0) is 0 Å². The molecule has 0 aliphatic carbocycles. The minimum atomic E-state index is -1.09. The number of hydrogen-bond donors (Lipinski definition) is 0. The Morgan fingerprint density at radius 2 is 2.00 bits per heavy atom. The Hall–Kier alpha value is -2.07. The van der Waals surface area contributed by atoms with Gasteiger partial charge in [0, 0.05) is 0 Å². The van der Waals surface area contributed by atoms with Gasteiger partial charge in [-0.15, -0.1) is 0 Å². The van der Waals surface area contributed by atoms with E-state index in [9.17, 15) is 4.39 Å². The summed E-state index contributed by atoms with van der Waals surface area (Å²) in [6.45, 7) is 3.06. The molecule has 0 atom stereocenters. The Bertz CT molecular complexity index is 455. The van der Waals surface area contributed by atoms with Crippen molar-refractivity contribution in [2.24, 2.45) is 0 Å². The van der Waals surface area contributed by atoms with Gasteiger partial charge in [0.1, 0.15) is 6.07 Å². The molecule has 0 saturated heterocycles. The van der Waals surface area contributed by atoms with Crippen molar-refractivity contribution in [2.45, 2.75) is 19.4 Å². The Morgan fingerprint density at radius 3 is 2.47 bits per heavy atom. The largest absolute Gasteiger partial charge is 0.470 e. The molecule has 1 aromatic carbocycles. The van der Waals surface area contributed by atoms with Crippen molar-refractivity contribution >= 4 is 0 Å². The number of benzene rings is 1. The molecule has 0 aliphatic heterocycles. The molecule has 0 aliphatic rings. The Morgan fingerprint density at radius 1 is 1.33 bits per heavy atom. The van der Waals surface area contributed by atoms with E-state index in [0.29, 0.717) is 0 Å². The third-order valence-electron chi connectivity index (χ3n) is 1.70. The van der Waals surface area contributed by atoms with E-state index >= 15 is 0 Å². The second-order valence-corrected chi connectivity index (χ2v) is 3.48. The molecule has 3 nitrogen and oxygen atoms in total. The van der Waals surface area contributed by atoms with Crippen LogP contribution in [0.25, 0.3) is 0 Å². The van der Waals surface area contributed by atoms with Gasteiger partial charge in [-0.3, -0.25) is 0 Å². The molecule has 0 unspecified atom stereocenters. The molecule has 0 aromatic heterocycles. The maximum Gasteiger partial charge on any atom is 0.188 e. The molecule has 0 radical (unpaired) electrons. The monoisotopic (exact) mass is 204 g/mol. The molecule has 4 heteroatoms. The molecule has 0 N–H and O–H groups in total. The first-order valence-electron chi connectivity index (χ1n) is 4.28. The fraction of sp³-hybridized carbons (Fsp3) is 0.273. The summed E-state index contributed by atoms with van der Waals surface area (Å²) in [6, 6.07) is 7.55. The standard InChI is InChI=1S/C11H9FN2O/c1-11(2,7-14)15-10-4-3-8(6-13)5-9(10)12/h3-5H,1-2H3. The van der Waals surface area contributed by atoms with E-state index in [4.69, 9.17) is 15.3 Å². The van der Waals surface area contributed by atoms with Crippen LogP contribution in [0.1, 0.15) is 19.4 Å². The lowest BCUT2D eigenvalue weighted by Gasteiger charge is -2.18. The van der Waals surface area contributed by atoms with Crippen LogP contribution in [-0.4, -0.2) is 5.60 Å². The van der Waals surface area contributed by atoms with Gasteiger partial charge in [0.25, 0.3) is 0 Å². The first kappa shape index (κ1) is 11.0. The van der Waals surface area contributed by atoms with Gasteiger partial charge in [0.05, 0.1) is 11.6 Å². The van der Waals surface area contributed by atoms with Crippen molar-refractivity contribution in [3.05, 3.63) is 29.6 Å². The SMILES string of the molecule is CC(C)(C#N)Oc1ccc(C#N)cc1F. The first-order valence-corrected chi connectivity index (χ1v) is 4.28. The molecule has 1 rings (SSSR count). The number of nitriles is 2. The van der Waals surface area contributed by atoms with Gasteiger partial charge in [0.2, 0.25) is 0 Å². The van der Waals surface area contributed by atoms with Crippen molar-refractivity contribution in [2.75, 3.05) is 0 Å². The van der Waals surface area contributed by atoms with Crippen LogP contribution in [0.2, 0.25) is 0 Å². The smallest absolute Gasteiger partial charge is 0.188 e. The number of hydrogen-bond acceptors (Lipinski definition) is 3. The van der Waals surface area contributed by atoms with Gasteiger partial charge < -0.3 is 4.74 Å². The van der Waals surface area contributed by atoms with Gasteiger partial charge >= 0.3 is 0 Å². The molecule has 15 heavy (non-hydrogen) atoms. The fourth-order valence-electron chi connectivity index (χ4n) is 0.951. The van der Waals surface area contributed by atoms with E-state index in [2.05, 4.69) is 0 Å². The number of halogens is 1. The summed E-state index contributed by atoms with van der Waals surface area (Å²) >= 11 is 0. The molecule has 0 saturated carbocycles. The fourth-order valence-corrected chi connectivity index (χ4v) is 0.951. The van der Waals surface area contributed by atoms with Crippen LogP contribution in [0.3, 0.4) is 0 Å². The van der Waals surface area contributed by atoms with Crippen molar-refractivity contribution in [3.63, 3.8) is 0 Å². The minimum Gasteiger partial charge on any atom is -0.470 e. The van der Waals surface area contributed by atoms with Crippen LogP contribution in [0.15, 0.2) is 18.2 Å². The molecule has 0 fully saturated rings. The average Bonchev–Trinajstić information content (AvgIpc) is 2.21. The van der Waals surface area contributed by atoms with E-state index in [1.807, 2.05) is 12.1 Å². The molecule has 1 aromatic rings. The van der Waals surface area contributed by atoms with E-state index < -0.39 is 11.4 Å². The van der Waals surface area contributed by atoms with E-state index in [1.54, 1.807) is 0 Å². The van der Waals surface area contributed by atoms with Crippen LogP contribution in [0.4, 0.5) is 4.39 Å². The lowest BCUT2D eigenvalue weighted by atomic mass is 10.1. The van der Waals surface area contributed by atoms with Gasteiger partial charge in [-0.2, -0.15) is 10.5 Å². The normalized spacial score (nSPS) is 10.2. The molecule has 0 bridgehead atoms. The molecule has 0 amide bonds. The summed E-state index contributed by atoms with van der Waals surface area (Å²) in [6.07, 6.45) is 0. The van der Waals surface area contributed by atoms with Crippen LogP contribution in [0.5, 0.6) is 5.75 Å². The molecular formula is C11H9FN2O. The lowest BCUT2D eigenvalue weighted by Crippen LogP contribution is -2.25.